The number of ether oxygens (including phenoxy) is 1. The molecular formula is C27H30O6. The molecule has 3 N–H and O–H groups in total. The molecular weight excluding hydrogens is 420 g/mol. The molecule has 0 aromatic heterocycles. The van der Waals surface area contributed by atoms with E-state index >= 15 is 0 Å². The zero-order valence-electron chi connectivity index (χ0n) is 19.6. The first-order chi connectivity index (χ1) is 15.3. The number of carbonyl (C=O) groups excluding carboxylic acids is 2. The molecule has 3 aliphatic carbocycles. The number of rotatable bonds is 3. The number of aliphatic hydroxyl groups is 1. The van der Waals surface area contributed by atoms with Gasteiger partial charge >= 0.3 is 5.97 Å². The van der Waals surface area contributed by atoms with Crippen molar-refractivity contribution >= 4 is 11.8 Å². The highest BCUT2D eigenvalue weighted by Crippen LogP contribution is 2.59. The highest BCUT2D eigenvalue weighted by molar-refractivity contribution is 6.10. The lowest BCUT2D eigenvalue weighted by molar-refractivity contribution is -0.115. The van der Waals surface area contributed by atoms with Crippen LogP contribution in [0.2, 0.25) is 0 Å². The first-order valence-electron chi connectivity index (χ1n) is 11.2. The van der Waals surface area contributed by atoms with Crippen LogP contribution in [0.25, 0.3) is 0 Å². The Hall–Kier alpha value is -3.28. The van der Waals surface area contributed by atoms with Gasteiger partial charge in [-0.15, -0.1) is 0 Å². The molecule has 1 saturated carbocycles. The maximum atomic E-state index is 13.0. The van der Waals surface area contributed by atoms with Gasteiger partial charge in [-0.25, -0.2) is 4.79 Å². The van der Waals surface area contributed by atoms with E-state index in [2.05, 4.69) is 19.9 Å². The molecule has 0 spiro atoms. The van der Waals surface area contributed by atoms with E-state index in [-0.39, 0.29) is 34.2 Å². The van der Waals surface area contributed by atoms with Crippen molar-refractivity contribution in [3.05, 3.63) is 70.0 Å². The Labute approximate surface area is 193 Å². The minimum Gasteiger partial charge on any atom is -0.504 e. The van der Waals surface area contributed by atoms with E-state index in [1.807, 2.05) is 32.9 Å². The Bertz CT molecular complexity index is 1180. The smallest absolute Gasteiger partial charge is 0.338 e. The molecule has 0 amide bonds. The fourth-order valence-electron chi connectivity index (χ4n) is 5.67. The van der Waals surface area contributed by atoms with Gasteiger partial charge in [-0.3, -0.25) is 4.79 Å². The van der Waals surface area contributed by atoms with E-state index in [4.69, 9.17) is 4.74 Å². The maximum Gasteiger partial charge on any atom is 0.338 e. The van der Waals surface area contributed by atoms with Gasteiger partial charge in [0.1, 0.15) is 6.10 Å². The number of esters is 1. The van der Waals surface area contributed by atoms with Crippen LogP contribution in [-0.4, -0.2) is 33.2 Å². The zero-order chi connectivity index (χ0) is 24.3. The summed E-state index contributed by atoms with van der Waals surface area (Å²) < 4.78 is 5.84. The van der Waals surface area contributed by atoms with E-state index < -0.39 is 23.2 Å². The van der Waals surface area contributed by atoms with Crippen LogP contribution < -0.4 is 0 Å². The number of benzene rings is 1. The molecule has 1 aromatic rings. The van der Waals surface area contributed by atoms with Gasteiger partial charge in [-0.1, -0.05) is 52.3 Å². The third-order valence-corrected chi connectivity index (χ3v) is 7.10. The second-order valence-electron chi connectivity index (χ2n) is 10.4. The van der Waals surface area contributed by atoms with E-state index in [0.29, 0.717) is 24.0 Å². The molecule has 1 fully saturated rings. The van der Waals surface area contributed by atoms with Crippen molar-refractivity contribution in [2.75, 3.05) is 0 Å². The van der Waals surface area contributed by atoms with Crippen molar-refractivity contribution in [2.45, 2.75) is 53.6 Å². The zero-order valence-corrected chi connectivity index (χ0v) is 19.6. The van der Waals surface area contributed by atoms with Gasteiger partial charge in [0.05, 0.1) is 5.56 Å². The predicted molar refractivity (Wildman–Crippen MR) is 124 cm³/mol. The molecule has 6 nitrogen and oxygen atoms in total. The Balaban J connectivity index is 1.71. The number of hydrogen-bond acceptors (Lipinski definition) is 6. The summed E-state index contributed by atoms with van der Waals surface area (Å²) in [5.74, 6) is -1.90. The van der Waals surface area contributed by atoms with Crippen LogP contribution in [0.4, 0.5) is 0 Å². The molecule has 2 atom stereocenters. The van der Waals surface area contributed by atoms with Crippen molar-refractivity contribution in [2.24, 2.45) is 16.7 Å². The number of allylic oxidation sites excluding steroid dienone is 7. The summed E-state index contributed by atoms with van der Waals surface area (Å²) in [5.41, 5.74) is 2.16. The highest BCUT2D eigenvalue weighted by Gasteiger charge is 2.52. The Morgan fingerprint density at radius 3 is 2.39 bits per heavy atom. The molecule has 3 aliphatic rings. The highest BCUT2D eigenvalue weighted by atomic mass is 16.5. The number of phenols is 2. The fourth-order valence-corrected chi connectivity index (χ4v) is 5.67. The number of carbonyl (C=O) groups is 2. The number of Topliss-reactive ketones (excluding diaryl/α,β-unsaturated/α-hetero) is 1. The molecule has 4 rings (SSSR count). The van der Waals surface area contributed by atoms with Crippen molar-refractivity contribution < 1.29 is 29.6 Å². The number of hydrogen-bond donors (Lipinski definition) is 3. The summed E-state index contributed by atoms with van der Waals surface area (Å²) in [4.78, 5) is 25.8. The van der Waals surface area contributed by atoms with Crippen molar-refractivity contribution in [1.29, 1.82) is 0 Å². The van der Waals surface area contributed by atoms with Crippen LogP contribution in [0, 0.1) is 16.7 Å². The molecule has 0 aliphatic heterocycles. The largest absolute Gasteiger partial charge is 0.504 e. The molecule has 2 unspecified atom stereocenters. The molecule has 0 heterocycles. The van der Waals surface area contributed by atoms with Crippen molar-refractivity contribution in [3.8, 4) is 11.5 Å². The van der Waals surface area contributed by atoms with Crippen LogP contribution in [-0.2, 0) is 9.53 Å². The van der Waals surface area contributed by atoms with Crippen LogP contribution >= 0.6 is 0 Å². The van der Waals surface area contributed by atoms with Crippen LogP contribution in [0.5, 0.6) is 11.5 Å². The van der Waals surface area contributed by atoms with E-state index in [1.165, 1.54) is 18.2 Å². The lowest BCUT2D eigenvalue weighted by Crippen LogP contribution is -2.46. The Morgan fingerprint density at radius 2 is 1.76 bits per heavy atom. The van der Waals surface area contributed by atoms with Gasteiger partial charge in [0.25, 0.3) is 0 Å². The summed E-state index contributed by atoms with van der Waals surface area (Å²) in [6, 6.07) is 3.81. The van der Waals surface area contributed by atoms with Crippen LogP contribution in [0.15, 0.2) is 64.5 Å². The monoisotopic (exact) mass is 450 g/mol. The number of ketones is 1. The average molecular weight is 451 g/mol. The first kappa shape index (κ1) is 22.9. The molecule has 1 aromatic carbocycles. The molecule has 0 bridgehead atoms. The van der Waals surface area contributed by atoms with Crippen molar-refractivity contribution in [3.63, 3.8) is 0 Å². The summed E-state index contributed by atoms with van der Waals surface area (Å²) in [6.45, 7) is 9.98. The summed E-state index contributed by atoms with van der Waals surface area (Å²) in [6.07, 6.45) is 6.41. The molecule has 0 radical (unpaired) electrons. The second kappa shape index (κ2) is 7.65. The predicted octanol–water partition coefficient (Wildman–Crippen LogP) is 5.29. The quantitative estimate of drug-likeness (QED) is 0.427. The summed E-state index contributed by atoms with van der Waals surface area (Å²) >= 11 is 0. The van der Waals surface area contributed by atoms with Gasteiger partial charge in [0.2, 0.25) is 5.78 Å². The van der Waals surface area contributed by atoms with E-state index in [1.54, 1.807) is 0 Å². The summed E-state index contributed by atoms with van der Waals surface area (Å²) in [5, 5.41) is 30.3. The normalized spacial score (nSPS) is 26.2. The van der Waals surface area contributed by atoms with Gasteiger partial charge in [-0.2, -0.15) is 0 Å². The average Bonchev–Trinajstić information content (AvgIpc) is 2.70. The molecule has 174 valence electrons. The molecule has 33 heavy (non-hydrogen) atoms. The van der Waals surface area contributed by atoms with Gasteiger partial charge in [0, 0.05) is 16.6 Å². The standard InChI is InChI=1S/C27H30O6/c1-14(2)18-10-15-7-9-21-26(3,4)12-17(13-27(21,5)22(15)24(31)23(18)30)33-25(32)16-6-8-19(28)20(29)11-16/h6-11,14,17,28-29,31H,12-13H2,1-5H3. The van der Waals surface area contributed by atoms with E-state index in [9.17, 15) is 24.9 Å². The maximum absolute atomic E-state index is 13.0. The van der Waals surface area contributed by atoms with Crippen LogP contribution in [0.3, 0.4) is 0 Å². The third kappa shape index (κ3) is 3.67. The Kier molecular flexibility index (Phi) is 5.31. The van der Waals surface area contributed by atoms with Crippen molar-refractivity contribution in [1.82, 2.24) is 0 Å². The number of aromatic hydroxyl groups is 2. The lowest BCUT2D eigenvalue weighted by atomic mass is 9.53. The lowest BCUT2D eigenvalue weighted by Gasteiger charge is -2.52. The van der Waals surface area contributed by atoms with Crippen LogP contribution in [0.1, 0.15) is 57.8 Å². The summed E-state index contributed by atoms with van der Waals surface area (Å²) in [7, 11) is 0. The molecule has 6 heteroatoms. The fraction of sp³-hybridized carbons (Fsp3) is 0.407. The number of aliphatic hydroxyl groups excluding tert-OH is 1. The Morgan fingerprint density at radius 1 is 1.06 bits per heavy atom. The SMILES string of the molecule is CC(C)C1=CC2=CC=C3C(C)(C)CC(OC(=O)c4ccc(O)c(O)c4)CC3(C)C2=C(O)C1=O. The topological polar surface area (TPSA) is 104 Å². The van der Waals surface area contributed by atoms with Gasteiger partial charge < -0.3 is 20.1 Å². The minimum atomic E-state index is -0.688. The first-order valence-corrected chi connectivity index (χ1v) is 11.2. The minimum absolute atomic E-state index is 0.0153. The number of fused-ring (bicyclic) bond motifs is 3. The van der Waals surface area contributed by atoms with E-state index in [0.717, 1.165) is 11.1 Å². The third-order valence-electron chi connectivity index (χ3n) is 7.10. The van der Waals surface area contributed by atoms with Gasteiger partial charge in [-0.05, 0) is 54.0 Å². The molecule has 0 saturated heterocycles. The number of phenolic OH excluding ortho intramolecular Hbond substituents is 2. The second-order valence-corrected chi connectivity index (χ2v) is 10.4. The van der Waals surface area contributed by atoms with Gasteiger partial charge in [0.15, 0.2) is 17.3 Å².